The third-order valence-corrected chi connectivity index (χ3v) is 1.28. The Morgan fingerprint density at radius 3 is 2.82 bits per heavy atom. The van der Waals surface area contributed by atoms with Gasteiger partial charge in [-0.3, -0.25) is 4.57 Å². The highest BCUT2D eigenvalue weighted by Gasteiger charge is 2.06. The molecule has 0 aliphatic rings. The van der Waals surface area contributed by atoms with Gasteiger partial charge in [0, 0.05) is 13.2 Å². The molecule has 1 N–H and O–H groups in total. The number of hydrogen-bond donors (Lipinski definition) is 1. The van der Waals surface area contributed by atoms with E-state index in [-0.39, 0.29) is 5.69 Å². The quantitative estimate of drug-likeness (QED) is 0.590. The molecule has 0 amide bonds. The number of aromatic carboxylic acids is 1. The zero-order chi connectivity index (χ0) is 8.43. The topological polar surface area (TPSA) is 72.2 Å². The van der Waals surface area contributed by atoms with Gasteiger partial charge in [0.2, 0.25) is 0 Å². The molecule has 0 atom stereocenters. The summed E-state index contributed by atoms with van der Waals surface area (Å²) in [6, 6.07) is 1.27. The van der Waals surface area contributed by atoms with Gasteiger partial charge in [0.1, 0.15) is 5.69 Å². The van der Waals surface area contributed by atoms with E-state index >= 15 is 0 Å². The van der Waals surface area contributed by atoms with Crippen LogP contribution in [0.4, 0.5) is 0 Å². The summed E-state index contributed by atoms with van der Waals surface area (Å²) in [5.74, 6) is -1.13. The number of carboxylic acid groups (broad SMARTS) is 1. The van der Waals surface area contributed by atoms with Crippen LogP contribution >= 0.6 is 0 Å². The standard InChI is InChI=1S/C6H6N2O3/c1-8-4(5(9)10)2-3-7-6(8)11/h2-3H,1H3,(H,9,10). The minimum atomic E-state index is -1.13. The van der Waals surface area contributed by atoms with E-state index in [1.807, 2.05) is 0 Å². The van der Waals surface area contributed by atoms with Crippen LogP contribution in [0.1, 0.15) is 10.5 Å². The van der Waals surface area contributed by atoms with Crippen molar-refractivity contribution in [3.63, 3.8) is 0 Å². The fourth-order valence-corrected chi connectivity index (χ4v) is 0.688. The average molecular weight is 154 g/mol. The van der Waals surface area contributed by atoms with Crippen molar-refractivity contribution in [2.24, 2.45) is 7.05 Å². The first-order valence-corrected chi connectivity index (χ1v) is 2.88. The van der Waals surface area contributed by atoms with Gasteiger partial charge in [0.15, 0.2) is 0 Å². The lowest BCUT2D eigenvalue weighted by Crippen LogP contribution is -2.24. The monoisotopic (exact) mass is 154 g/mol. The predicted molar refractivity (Wildman–Crippen MR) is 36.4 cm³/mol. The number of carbonyl (C=O) groups is 1. The molecule has 11 heavy (non-hydrogen) atoms. The molecule has 0 saturated heterocycles. The highest BCUT2D eigenvalue weighted by molar-refractivity contribution is 5.85. The third-order valence-electron chi connectivity index (χ3n) is 1.28. The zero-order valence-corrected chi connectivity index (χ0v) is 5.81. The van der Waals surface area contributed by atoms with Crippen LogP contribution in [0, 0.1) is 0 Å². The molecule has 58 valence electrons. The Kier molecular flexibility index (Phi) is 1.72. The van der Waals surface area contributed by atoms with E-state index in [4.69, 9.17) is 5.11 Å². The van der Waals surface area contributed by atoms with Crippen LogP contribution in [0.25, 0.3) is 0 Å². The lowest BCUT2D eigenvalue weighted by atomic mass is 10.4. The molecule has 1 rings (SSSR count). The van der Waals surface area contributed by atoms with Crippen molar-refractivity contribution in [2.45, 2.75) is 0 Å². The molecule has 0 bridgehead atoms. The van der Waals surface area contributed by atoms with E-state index in [9.17, 15) is 9.59 Å². The summed E-state index contributed by atoms with van der Waals surface area (Å²) < 4.78 is 0.975. The lowest BCUT2D eigenvalue weighted by Gasteiger charge is -1.99. The molecule has 5 nitrogen and oxygen atoms in total. The van der Waals surface area contributed by atoms with Gasteiger partial charge in [0.05, 0.1) is 0 Å². The van der Waals surface area contributed by atoms with Crippen LogP contribution in [0.5, 0.6) is 0 Å². The Bertz CT molecular complexity index is 342. The Hall–Kier alpha value is -1.65. The average Bonchev–Trinajstić information content (AvgIpc) is 1.94. The van der Waals surface area contributed by atoms with Crippen molar-refractivity contribution < 1.29 is 9.90 Å². The second-order valence-electron chi connectivity index (χ2n) is 1.98. The van der Waals surface area contributed by atoms with Crippen LogP contribution in [-0.4, -0.2) is 20.6 Å². The largest absolute Gasteiger partial charge is 0.477 e. The van der Waals surface area contributed by atoms with E-state index in [2.05, 4.69) is 4.98 Å². The minimum absolute atomic E-state index is 0.0648. The fourth-order valence-electron chi connectivity index (χ4n) is 0.688. The molecule has 0 unspecified atom stereocenters. The van der Waals surface area contributed by atoms with Crippen LogP contribution in [0.3, 0.4) is 0 Å². The van der Waals surface area contributed by atoms with Crippen LogP contribution < -0.4 is 5.69 Å². The number of aromatic nitrogens is 2. The van der Waals surface area contributed by atoms with Crippen molar-refractivity contribution in [1.29, 1.82) is 0 Å². The van der Waals surface area contributed by atoms with E-state index in [1.54, 1.807) is 0 Å². The molecule has 0 radical (unpaired) electrons. The first kappa shape index (κ1) is 7.46. The first-order valence-electron chi connectivity index (χ1n) is 2.88. The maximum atomic E-state index is 10.7. The predicted octanol–water partition coefficient (Wildman–Crippen LogP) is -0.521. The van der Waals surface area contributed by atoms with Gasteiger partial charge in [-0.05, 0) is 6.07 Å². The molecule has 0 spiro atoms. The smallest absolute Gasteiger partial charge is 0.352 e. The van der Waals surface area contributed by atoms with Gasteiger partial charge in [-0.2, -0.15) is 0 Å². The first-order chi connectivity index (χ1) is 5.13. The summed E-state index contributed by atoms with van der Waals surface area (Å²) in [7, 11) is 1.36. The van der Waals surface area contributed by atoms with Gasteiger partial charge in [-0.25, -0.2) is 14.6 Å². The van der Waals surface area contributed by atoms with Gasteiger partial charge < -0.3 is 5.11 Å². The molecule has 0 aliphatic heterocycles. The maximum Gasteiger partial charge on any atom is 0.352 e. The zero-order valence-electron chi connectivity index (χ0n) is 5.81. The van der Waals surface area contributed by atoms with Crippen LogP contribution in [0.15, 0.2) is 17.1 Å². The summed E-state index contributed by atoms with van der Waals surface area (Å²) in [5, 5.41) is 8.50. The molecular weight excluding hydrogens is 148 g/mol. The van der Waals surface area contributed by atoms with E-state index in [1.165, 1.54) is 19.3 Å². The Labute approximate surface area is 61.9 Å². The number of carboxylic acids is 1. The Morgan fingerprint density at radius 2 is 2.36 bits per heavy atom. The molecule has 1 aromatic heterocycles. The van der Waals surface area contributed by atoms with Crippen molar-refractivity contribution >= 4 is 5.97 Å². The number of rotatable bonds is 1. The molecule has 0 aromatic carbocycles. The van der Waals surface area contributed by atoms with Gasteiger partial charge in [-0.15, -0.1) is 0 Å². The van der Waals surface area contributed by atoms with Gasteiger partial charge >= 0.3 is 11.7 Å². The lowest BCUT2D eigenvalue weighted by molar-refractivity contribution is 0.0684. The highest BCUT2D eigenvalue weighted by Crippen LogP contribution is 1.90. The Morgan fingerprint density at radius 1 is 1.73 bits per heavy atom. The second kappa shape index (κ2) is 2.53. The number of hydrogen-bond acceptors (Lipinski definition) is 3. The molecule has 0 saturated carbocycles. The molecule has 5 heteroatoms. The van der Waals surface area contributed by atoms with E-state index in [0.717, 1.165) is 4.57 Å². The molecule has 0 fully saturated rings. The highest BCUT2D eigenvalue weighted by atomic mass is 16.4. The van der Waals surface area contributed by atoms with Gasteiger partial charge in [-0.1, -0.05) is 0 Å². The van der Waals surface area contributed by atoms with Crippen LogP contribution in [-0.2, 0) is 7.05 Å². The van der Waals surface area contributed by atoms with Gasteiger partial charge in [0.25, 0.3) is 0 Å². The normalized spacial score (nSPS) is 9.55. The maximum absolute atomic E-state index is 10.7. The van der Waals surface area contributed by atoms with Crippen molar-refractivity contribution in [1.82, 2.24) is 9.55 Å². The summed E-state index contributed by atoms with van der Waals surface area (Å²) >= 11 is 0. The minimum Gasteiger partial charge on any atom is -0.477 e. The van der Waals surface area contributed by atoms with E-state index < -0.39 is 11.7 Å². The summed E-state index contributed by atoms with van der Waals surface area (Å²) in [6.07, 6.45) is 1.17. The van der Waals surface area contributed by atoms with Crippen LogP contribution in [0.2, 0.25) is 0 Å². The molecule has 1 heterocycles. The van der Waals surface area contributed by atoms with Crippen molar-refractivity contribution in [2.75, 3.05) is 0 Å². The summed E-state index contributed by atoms with van der Waals surface area (Å²) in [6.45, 7) is 0. The SMILES string of the molecule is Cn1c(C(=O)O)ccnc1=O. The summed E-state index contributed by atoms with van der Waals surface area (Å²) in [4.78, 5) is 24.5. The van der Waals surface area contributed by atoms with Crippen molar-refractivity contribution in [3.05, 3.63) is 28.4 Å². The summed E-state index contributed by atoms with van der Waals surface area (Å²) in [5.41, 5.74) is -0.630. The fraction of sp³-hybridized carbons (Fsp3) is 0.167. The second-order valence-corrected chi connectivity index (χ2v) is 1.98. The van der Waals surface area contributed by atoms with E-state index in [0.29, 0.717) is 0 Å². The van der Waals surface area contributed by atoms with Crippen molar-refractivity contribution in [3.8, 4) is 0 Å². The molecular formula is C6H6N2O3. The Balaban J connectivity index is 3.39. The molecule has 0 aliphatic carbocycles. The number of nitrogens with zero attached hydrogens (tertiary/aromatic N) is 2. The molecule has 1 aromatic rings. The third kappa shape index (κ3) is 1.26.